The highest BCUT2D eigenvalue weighted by molar-refractivity contribution is 6.00. The third kappa shape index (κ3) is 4.65. The molecule has 3 heterocycles. The molecule has 0 amide bonds. The number of carbonyl (C=O) groups excluding carboxylic acids is 1. The predicted octanol–water partition coefficient (Wildman–Crippen LogP) is 5.24. The number of oxime groups is 1. The summed E-state index contributed by atoms with van der Waals surface area (Å²) < 4.78 is 13.1. The van der Waals surface area contributed by atoms with Crippen LogP contribution in [0.5, 0.6) is 11.6 Å². The number of fused-ring (bicyclic) bond motifs is 3. The van der Waals surface area contributed by atoms with Crippen molar-refractivity contribution in [3.63, 3.8) is 0 Å². The summed E-state index contributed by atoms with van der Waals surface area (Å²) >= 11 is 0. The summed E-state index contributed by atoms with van der Waals surface area (Å²) in [5, 5.41) is 8.80. The van der Waals surface area contributed by atoms with Crippen molar-refractivity contribution in [3.8, 4) is 11.6 Å². The van der Waals surface area contributed by atoms with Gasteiger partial charge in [-0.2, -0.15) is 0 Å². The first kappa shape index (κ1) is 24.8. The van der Waals surface area contributed by atoms with Crippen LogP contribution in [0.3, 0.4) is 0 Å². The van der Waals surface area contributed by atoms with Gasteiger partial charge in [-0.1, -0.05) is 49.3 Å². The van der Waals surface area contributed by atoms with E-state index >= 15 is 0 Å². The molecule has 0 fully saturated rings. The second kappa shape index (κ2) is 9.65. The molecule has 1 aliphatic heterocycles. The van der Waals surface area contributed by atoms with Crippen LogP contribution in [0.1, 0.15) is 62.0 Å². The lowest BCUT2D eigenvalue weighted by molar-refractivity contribution is -0.118. The summed E-state index contributed by atoms with van der Waals surface area (Å²) in [4.78, 5) is 28.5. The minimum atomic E-state index is -0.349. The van der Waals surface area contributed by atoms with Gasteiger partial charge < -0.3 is 14.3 Å². The molecule has 198 valence electrons. The first-order valence-electron chi connectivity index (χ1n) is 12.9. The molecule has 0 saturated heterocycles. The van der Waals surface area contributed by atoms with E-state index in [2.05, 4.69) is 29.1 Å². The largest absolute Gasteiger partial charge is 0.497 e. The molecule has 9 nitrogen and oxygen atoms in total. The van der Waals surface area contributed by atoms with Crippen molar-refractivity contribution in [1.29, 1.82) is 0 Å². The lowest BCUT2D eigenvalue weighted by Crippen LogP contribution is -2.33. The first-order valence-corrected chi connectivity index (χ1v) is 12.9. The van der Waals surface area contributed by atoms with Crippen LogP contribution in [0.2, 0.25) is 0 Å². The Labute approximate surface area is 226 Å². The molecular formula is C30H29N5O4. The molecule has 0 saturated carbocycles. The number of aromatic nitrogens is 4. The predicted molar refractivity (Wildman–Crippen MR) is 145 cm³/mol. The second-order valence-corrected chi connectivity index (χ2v) is 10.7. The molecule has 2 aromatic carbocycles. The maximum atomic E-state index is 13.5. The van der Waals surface area contributed by atoms with Crippen LogP contribution in [0, 0.1) is 5.41 Å². The lowest BCUT2D eigenvalue weighted by Gasteiger charge is -2.37. The number of ketones is 1. The van der Waals surface area contributed by atoms with Crippen molar-refractivity contribution in [2.45, 2.75) is 46.1 Å². The van der Waals surface area contributed by atoms with Gasteiger partial charge in [0.2, 0.25) is 5.88 Å². The Bertz CT molecular complexity index is 1620. The summed E-state index contributed by atoms with van der Waals surface area (Å²) in [5.74, 6) is 2.11. The van der Waals surface area contributed by atoms with E-state index < -0.39 is 0 Å². The molecule has 9 heteroatoms. The van der Waals surface area contributed by atoms with Crippen molar-refractivity contribution in [2.75, 3.05) is 7.11 Å². The molecule has 1 atom stereocenters. The van der Waals surface area contributed by atoms with Crippen LogP contribution in [0.4, 0.5) is 0 Å². The SMILES string of the molecule is COc1ccc(C(C)=NOCc2nc3c4c(ncn3n2)OC2=C(C(=O)CC(C)(C)C2)C4c2ccccc2)cc1. The van der Waals surface area contributed by atoms with Gasteiger partial charge in [-0.3, -0.25) is 4.79 Å². The molecule has 2 aromatic heterocycles. The van der Waals surface area contributed by atoms with E-state index in [-0.39, 0.29) is 23.7 Å². The summed E-state index contributed by atoms with van der Waals surface area (Å²) in [6.07, 6.45) is 2.71. The average Bonchev–Trinajstić information content (AvgIpc) is 3.35. The number of hydrogen-bond acceptors (Lipinski definition) is 8. The van der Waals surface area contributed by atoms with E-state index in [4.69, 9.17) is 19.3 Å². The van der Waals surface area contributed by atoms with E-state index in [9.17, 15) is 4.79 Å². The molecule has 1 aliphatic carbocycles. The Morgan fingerprint density at radius 1 is 1.13 bits per heavy atom. The van der Waals surface area contributed by atoms with Crippen molar-refractivity contribution in [3.05, 3.63) is 94.8 Å². The fourth-order valence-corrected chi connectivity index (χ4v) is 5.30. The standard InChI is InChI=1S/C30H29N5O4/c1-18(19-10-12-21(37-4)13-11-19)34-38-16-24-32-28-27-25(20-8-6-5-7-9-20)26-22(36)14-30(2,3)15-23(26)39-29(27)31-17-35(28)33-24/h5-13,17,25H,14-16H2,1-4H3. The zero-order valence-electron chi connectivity index (χ0n) is 22.3. The number of carbonyl (C=O) groups is 1. The van der Waals surface area contributed by atoms with Crippen LogP contribution in [0.15, 0.2) is 77.4 Å². The van der Waals surface area contributed by atoms with Gasteiger partial charge in [0.1, 0.15) is 17.8 Å². The van der Waals surface area contributed by atoms with Gasteiger partial charge in [-0.05, 0) is 47.7 Å². The third-order valence-corrected chi connectivity index (χ3v) is 7.14. The normalized spacial score (nSPS) is 18.4. The topological polar surface area (TPSA) is 100 Å². The minimum Gasteiger partial charge on any atom is -0.497 e. The smallest absolute Gasteiger partial charge is 0.228 e. The van der Waals surface area contributed by atoms with Gasteiger partial charge >= 0.3 is 0 Å². The molecule has 1 unspecified atom stereocenters. The molecule has 2 aliphatic rings. The molecule has 39 heavy (non-hydrogen) atoms. The lowest BCUT2D eigenvalue weighted by atomic mass is 9.70. The number of allylic oxidation sites excluding steroid dienone is 2. The van der Waals surface area contributed by atoms with Crippen molar-refractivity contribution in [2.24, 2.45) is 10.6 Å². The quantitative estimate of drug-likeness (QED) is 0.252. The van der Waals surface area contributed by atoms with Crippen molar-refractivity contribution < 1.29 is 19.1 Å². The van der Waals surface area contributed by atoms with E-state index in [1.54, 1.807) is 18.0 Å². The summed E-state index contributed by atoms with van der Waals surface area (Å²) in [6, 6.07) is 17.5. The van der Waals surface area contributed by atoms with E-state index in [0.717, 1.165) is 28.2 Å². The van der Waals surface area contributed by atoms with Crippen LogP contribution in [-0.4, -0.2) is 38.2 Å². The summed E-state index contributed by atoms with van der Waals surface area (Å²) in [7, 11) is 1.63. The molecule has 6 rings (SSSR count). The van der Waals surface area contributed by atoms with Gasteiger partial charge in [-0.15, -0.1) is 5.10 Å². The third-order valence-electron chi connectivity index (χ3n) is 7.14. The number of methoxy groups -OCH3 is 1. The Morgan fingerprint density at radius 2 is 1.90 bits per heavy atom. The zero-order chi connectivity index (χ0) is 27.1. The number of rotatable bonds is 6. The highest BCUT2D eigenvalue weighted by Crippen LogP contribution is 2.50. The van der Waals surface area contributed by atoms with Crippen LogP contribution >= 0.6 is 0 Å². The number of Topliss-reactive ketones (excluding diaryl/α,β-unsaturated/α-hetero) is 1. The minimum absolute atomic E-state index is 0.0713. The molecular weight excluding hydrogens is 494 g/mol. The van der Waals surface area contributed by atoms with E-state index in [1.807, 2.05) is 61.5 Å². The Hall–Kier alpha value is -4.53. The van der Waals surface area contributed by atoms with E-state index in [0.29, 0.717) is 41.5 Å². The highest BCUT2D eigenvalue weighted by Gasteiger charge is 2.43. The maximum Gasteiger partial charge on any atom is 0.228 e. The monoisotopic (exact) mass is 523 g/mol. The van der Waals surface area contributed by atoms with Crippen LogP contribution < -0.4 is 9.47 Å². The Balaban J connectivity index is 1.35. The van der Waals surface area contributed by atoms with Gasteiger partial charge in [0.25, 0.3) is 0 Å². The molecule has 0 bridgehead atoms. The van der Waals surface area contributed by atoms with E-state index in [1.165, 1.54) is 0 Å². The number of nitrogens with zero attached hydrogens (tertiary/aromatic N) is 5. The van der Waals surface area contributed by atoms with Gasteiger partial charge in [0, 0.05) is 24.3 Å². The number of benzene rings is 2. The zero-order valence-corrected chi connectivity index (χ0v) is 22.3. The first-order chi connectivity index (χ1) is 18.8. The van der Waals surface area contributed by atoms with Crippen LogP contribution in [-0.2, 0) is 16.2 Å². The van der Waals surface area contributed by atoms with Crippen LogP contribution in [0.25, 0.3) is 5.65 Å². The number of hydrogen-bond donors (Lipinski definition) is 0. The second-order valence-electron chi connectivity index (χ2n) is 10.7. The maximum absolute atomic E-state index is 13.5. The fourth-order valence-electron chi connectivity index (χ4n) is 5.30. The number of ether oxygens (including phenoxy) is 2. The average molecular weight is 524 g/mol. The van der Waals surface area contributed by atoms with Crippen molar-refractivity contribution in [1.82, 2.24) is 19.6 Å². The van der Waals surface area contributed by atoms with Gasteiger partial charge in [0.15, 0.2) is 23.9 Å². The molecule has 0 N–H and O–H groups in total. The van der Waals surface area contributed by atoms with Crippen molar-refractivity contribution >= 4 is 17.1 Å². The van der Waals surface area contributed by atoms with Gasteiger partial charge in [-0.25, -0.2) is 14.5 Å². The Morgan fingerprint density at radius 3 is 2.64 bits per heavy atom. The molecule has 0 radical (unpaired) electrons. The fraction of sp³-hybridized carbons (Fsp3) is 0.300. The summed E-state index contributed by atoms with van der Waals surface area (Å²) in [5.41, 5.74) is 4.43. The molecule has 4 aromatic rings. The van der Waals surface area contributed by atoms with Gasteiger partial charge in [0.05, 0.1) is 18.4 Å². The highest BCUT2D eigenvalue weighted by atomic mass is 16.6. The summed E-state index contributed by atoms with van der Waals surface area (Å²) in [6.45, 7) is 6.12. The Kier molecular flexibility index (Phi) is 6.13. The molecule has 0 spiro atoms.